The molecular weight excluding hydrogens is 218 g/mol. The minimum atomic E-state index is -0.772. The van der Waals surface area contributed by atoms with Gasteiger partial charge in [-0.3, -0.25) is 0 Å². The van der Waals surface area contributed by atoms with Gasteiger partial charge in [-0.1, -0.05) is 12.1 Å². The number of nitrogens with two attached hydrogens (primary N) is 1. The second-order valence-corrected chi connectivity index (χ2v) is 4.02. The molecule has 3 N–H and O–H groups in total. The van der Waals surface area contributed by atoms with Crippen molar-refractivity contribution in [3.8, 4) is 5.75 Å². The van der Waals surface area contributed by atoms with Gasteiger partial charge in [0.2, 0.25) is 0 Å². The third-order valence-corrected chi connectivity index (χ3v) is 2.73. The molecule has 0 bridgehead atoms. The van der Waals surface area contributed by atoms with Crippen molar-refractivity contribution in [3.05, 3.63) is 29.8 Å². The Morgan fingerprint density at radius 1 is 1.41 bits per heavy atom. The van der Waals surface area contributed by atoms with Crippen molar-refractivity contribution in [2.45, 2.75) is 31.4 Å². The molecule has 0 saturated carbocycles. The maximum absolute atomic E-state index is 10.4. The molecule has 0 saturated heterocycles. The predicted molar refractivity (Wildman–Crippen MR) is 66.0 cm³/mol. The van der Waals surface area contributed by atoms with Gasteiger partial charge in [0.25, 0.3) is 0 Å². The fourth-order valence-electron chi connectivity index (χ4n) is 1.59. The van der Waals surface area contributed by atoms with Crippen molar-refractivity contribution < 1.29 is 14.6 Å². The van der Waals surface area contributed by atoms with Gasteiger partial charge in [-0.05, 0) is 37.0 Å². The number of benzene rings is 1. The summed E-state index contributed by atoms with van der Waals surface area (Å²) in [6, 6.07) is 7.02. The molecule has 0 aromatic heterocycles. The molecule has 0 radical (unpaired) electrons. The first-order chi connectivity index (χ1) is 8.17. The lowest BCUT2D eigenvalue weighted by atomic mass is 10.0. The van der Waals surface area contributed by atoms with Crippen LogP contribution >= 0.6 is 0 Å². The van der Waals surface area contributed by atoms with Crippen molar-refractivity contribution in [3.63, 3.8) is 0 Å². The molecule has 0 aliphatic rings. The number of aldehydes is 1. The predicted octanol–water partition coefficient (Wildman–Crippen LogP) is 0.905. The minimum absolute atomic E-state index is 0.534. The zero-order valence-electron chi connectivity index (χ0n) is 10.0. The summed E-state index contributed by atoms with van der Waals surface area (Å²) < 4.78 is 5.06. The van der Waals surface area contributed by atoms with Crippen LogP contribution in [-0.4, -0.2) is 30.6 Å². The van der Waals surface area contributed by atoms with E-state index < -0.39 is 12.1 Å². The molecule has 1 aromatic rings. The quantitative estimate of drug-likeness (QED) is 0.691. The highest BCUT2D eigenvalue weighted by Crippen LogP contribution is 2.13. The lowest BCUT2D eigenvalue weighted by molar-refractivity contribution is -0.111. The Kier molecular flexibility index (Phi) is 5.66. The summed E-state index contributed by atoms with van der Waals surface area (Å²) >= 11 is 0. The molecule has 1 aromatic carbocycles. The number of methoxy groups -OCH3 is 1. The fourth-order valence-corrected chi connectivity index (χ4v) is 1.59. The number of hydrogen-bond acceptors (Lipinski definition) is 4. The third-order valence-electron chi connectivity index (χ3n) is 2.73. The Morgan fingerprint density at radius 3 is 2.59 bits per heavy atom. The monoisotopic (exact) mass is 237 g/mol. The topological polar surface area (TPSA) is 72.6 Å². The zero-order chi connectivity index (χ0) is 12.7. The smallest absolute Gasteiger partial charge is 0.139 e. The molecule has 4 nitrogen and oxygen atoms in total. The molecule has 17 heavy (non-hydrogen) atoms. The normalized spacial score (nSPS) is 14.1. The first kappa shape index (κ1) is 13.7. The molecule has 0 aliphatic carbocycles. The molecular formula is C13H19NO3. The van der Waals surface area contributed by atoms with Crippen LogP contribution in [0.4, 0.5) is 0 Å². The molecule has 94 valence electrons. The van der Waals surface area contributed by atoms with E-state index in [2.05, 4.69) is 0 Å². The highest BCUT2D eigenvalue weighted by molar-refractivity contribution is 5.57. The first-order valence-corrected chi connectivity index (χ1v) is 5.69. The average Bonchev–Trinajstić information content (AvgIpc) is 2.38. The molecule has 1 rings (SSSR count). The maximum Gasteiger partial charge on any atom is 0.139 e. The van der Waals surface area contributed by atoms with E-state index in [-0.39, 0.29) is 0 Å². The summed E-state index contributed by atoms with van der Waals surface area (Å²) in [6.45, 7) is 0. The van der Waals surface area contributed by atoms with Crippen LogP contribution in [0.5, 0.6) is 5.75 Å². The zero-order valence-corrected chi connectivity index (χ0v) is 10.0. The molecule has 0 aliphatic heterocycles. The van der Waals surface area contributed by atoms with Crippen LogP contribution in [0.15, 0.2) is 24.3 Å². The van der Waals surface area contributed by atoms with E-state index in [1.165, 1.54) is 5.56 Å². The van der Waals surface area contributed by atoms with Gasteiger partial charge < -0.3 is 20.4 Å². The Hall–Kier alpha value is -1.39. The fraction of sp³-hybridized carbons (Fsp3) is 0.462. The Balaban J connectivity index is 2.32. The molecule has 0 fully saturated rings. The molecule has 0 amide bonds. The molecule has 0 spiro atoms. The number of hydrogen-bond donors (Lipinski definition) is 2. The summed E-state index contributed by atoms with van der Waals surface area (Å²) in [7, 11) is 1.63. The number of aliphatic hydroxyl groups is 1. The van der Waals surface area contributed by atoms with Crippen LogP contribution in [0.25, 0.3) is 0 Å². The van der Waals surface area contributed by atoms with E-state index >= 15 is 0 Å². The van der Waals surface area contributed by atoms with Crippen molar-refractivity contribution in [1.29, 1.82) is 0 Å². The SMILES string of the molecule is COc1ccc(CCCC(O)C(N)C=O)cc1. The van der Waals surface area contributed by atoms with Gasteiger partial charge >= 0.3 is 0 Å². The minimum Gasteiger partial charge on any atom is -0.497 e. The average molecular weight is 237 g/mol. The summed E-state index contributed by atoms with van der Waals surface area (Å²) in [6.07, 6.45) is 2.02. The van der Waals surface area contributed by atoms with Crippen LogP contribution in [0.3, 0.4) is 0 Å². The van der Waals surface area contributed by atoms with E-state index in [0.717, 1.165) is 18.6 Å². The highest BCUT2D eigenvalue weighted by Gasteiger charge is 2.12. The van der Waals surface area contributed by atoms with Crippen molar-refractivity contribution in [2.24, 2.45) is 5.73 Å². The van der Waals surface area contributed by atoms with Crippen LogP contribution in [0, 0.1) is 0 Å². The molecule has 2 unspecified atom stereocenters. The summed E-state index contributed by atoms with van der Waals surface area (Å²) in [5.41, 5.74) is 6.58. The van der Waals surface area contributed by atoms with Crippen LogP contribution < -0.4 is 10.5 Å². The molecule has 2 atom stereocenters. The van der Waals surface area contributed by atoms with Gasteiger partial charge in [0.1, 0.15) is 12.0 Å². The van der Waals surface area contributed by atoms with E-state index in [0.29, 0.717) is 12.7 Å². The maximum atomic E-state index is 10.4. The van der Waals surface area contributed by atoms with Gasteiger partial charge in [0.05, 0.1) is 19.3 Å². The number of carbonyl (C=O) groups is 1. The van der Waals surface area contributed by atoms with Crippen molar-refractivity contribution in [1.82, 2.24) is 0 Å². The Morgan fingerprint density at radius 2 is 2.06 bits per heavy atom. The van der Waals surface area contributed by atoms with Gasteiger partial charge in [0.15, 0.2) is 0 Å². The Labute approximate surface area is 101 Å². The second kappa shape index (κ2) is 7.04. The van der Waals surface area contributed by atoms with Gasteiger partial charge in [-0.25, -0.2) is 0 Å². The van der Waals surface area contributed by atoms with Crippen molar-refractivity contribution in [2.75, 3.05) is 7.11 Å². The standard InChI is InChI=1S/C13H19NO3/c1-17-11-7-5-10(6-8-11)3-2-4-13(16)12(14)9-15/h5-9,12-13,16H,2-4,14H2,1H3. The van der Waals surface area contributed by atoms with Crippen molar-refractivity contribution >= 4 is 6.29 Å². The molecule has 4 heteroatoms. The van der Waals surface area contributed by atoms with Crippen LogP contribution in [0.1, 0.15) is 18.4 Å². The van der Waals surface area contributed by atoms with Gasteiger partial charge in [-0.15, -0.1) is 0 Å². The first-order valence-electron chi connectivity index (χ1n) is 5.69. The summed E-state index contributed by atoms with van der Waals surface area (Å²) in [5, 5.41) is 9.50. The highest BCUT2D eigenvalue weighted by atomic mass is 16.5. The van der Waals surface area contributed by atoms with E-state index in [1.807, 2.05) is 24.3 Å². The van der Waals surface area contributed by atoms with E-state index in [9.17, 15) is 9.90 Å². The van der Waals surface area contributed by atoms with Gasteiger partial charge in [0, 0.05) is 0 Å². The summed E-state index contributed by atoms with van der Waals surface area (Å²) in [5.74, 6) is 0.830. The third kappa shape index (κ3) is 4.54. The van der Waals surface area contributed by atoms with Crippen LogP contribution in [-0.2, 0) is 11.2 Å². The van der Waals surface area contributed by atoms with Gasteiger partial charge in [-0.2, -0.15) is 0 Å². The number of aliphatic hydroxyl groups excluding tert-OH is 1. The number of aryl methyl sites for hydroxylation is 1. The lowest BCUT2D eigenvalue weighted by Gasteiger charge is -2.12. The Bertz CT molecular complexity index is 337. The number of carbonyl (C=O) groups excluding carboxylic acids is 1. The van der Waals surface area contributed by atoms with E-state index in [1.54, 1.807) is 7.11 Å². The second-order valence-electron chi connectivity index (χ2n) is 4.02. The van der Waals surface area contributed by atoms with Crippen LogP contribution in [0.2, 0.25) is 0 Å². The van der Waals surface area contributed by atoms with E-state index in [4.69, 9.17) is 10.5 Å². The number of rotatable bonds is 7. The molecule has 0 heterocycles. The summed E-state index contributed by atoms with van der Waals surface area (Å²) in [4.78, 5) is 10.4. The largest absolute Gasteiger partial charge is 0.497 e. The lowest BCUT2D eigenvalue weighted by Crippen LogP contribution is -2.35. The number of ether oxygens (including phenoxy) is 1.